The first-order chi connectivity index (χ1) is 23.9. The Kier molecular flexibility index (Phi) is 7.08. The lowest BCUT2D eigenvalue weighted by Crippen LogP contribution is -1.96. The van der Waals surface area contributed by atoms with Gasteiger partial charge in [0.05, 0.1) is 11.0 Å². The molecular weight excluding hydrogens is 612 g/mol. The monoisotopic (exact) mass is 642 g/mol. The van der Waals surface area contributed by atoms with Crippen LogP contribution in [0.25, 0.3) is 60.9 Å². The van der Waals surface area contributed by atoms with Gasteiger partial charge in [-0.05, 0) is 81.9 Å². The van der Waals surface area contributed by atoms with Crippen LogP contribution in [0.5, 0.6) is 28.7 Å². The van der Waals surface area contributed by atoms with Crippen molar-refractivity contribution < 1.29 is 25.5 Å². The number of benzene rings is 7. The van der Waals surface area contributed by atoms with Crippen molar-refractivity contribution in [2.75, 3.05) is 5.32 Å². The zero-order chi connectivity index (χ0) is 33.6. The Bertz CT molecular complexity index is 2480. The first kappa shape index (κ1) is 29.5. The zero-order valence-electron chi connectivity index (χ0n) is 26.0. The van der Waals surface area contributed by atoms with Gasteiger partial charge in [0.1, 0.15) is 5.69 Å². The van der Waals surface area contributed by atoms with Crippen molar-refractivity contribution in [3.8, 4) is 67.8 Å². The molecule has 0 saturated heterocycles. The molecule has 7 nitrogen and oxygen atoms in total. The lowest BCUT2D eigenvalue weighted by Gasteiger charge is -2.15. The van der Waals surface area contributed by atoms with Gasteiger partial charge in [0, 0.05) is 22.1 Å². The second-order valence-electron chi connectivity index (χ2n) is 11.9. The lowest BCUT2D eigenvalue weighted by atomic mass is 9.99. The van der Waals surface area contributed by atoms with Crippen LogP contribution in [0.3, 0.4) is 0 Å². The number of hydrogen-bond acceptors (Lipinski definition) is 6. The van der Waals surface area contributed by atoms with Crippen LogP contribution in [0.15, 0.2) is 146 Å². The molecule has 0 spiro atoms. The molecule has 1 heterocycles. The Morgan fingerprint density at radius 2 is 0.796 bits per heavy atom. The van der Waals surface area contributed by atoms with Crippen LogP contribution in [-0.4, -0.2) is 30.1 Å². The van der Waals surface area contributed by atoms with Gasteiger partial charge in [0.2, 0.25) is 17.2 Å². The number of phenolic OH excluding ortho intramolecular Hbond substituents is 5. The number of rotatable bonds is 6. The minimum atomic E-state index is -0.999. The summed E-state index contributed by atoms with van der Waals surface area (Å²) in [4.78, 5) is 0. The SMILES string of the molecule is Oc1c(O)c(O)c(-n2c3ccccc3c3cc(-c4ccc(Nc5ccc(-c6cccc(-c7ccccc7)c6)cc5)cc4)ccc32)c(O)c1O. The number of aromatic nitrogens is 1. The molecule has 0 aliphatic heterocycles. The second kappa shape index (κ2) is 11.7. The summed E-state index contributed by atoms with van der Waals surface area (Å²) in [6.07, 6.45) is 0. The van der Waals surface area contributed by atoms with Crippen LogP contribution >= 0.6 is 0 Å². The van der Waals surface area contributed by atoms with E-state index in [-0.39, 0.29) is 5.69 Å². The molecule has 238 valence electrons. The van der Waals surface area contributed by atoms with Crippen LogP contribution in [0.4, 0.5) is 11.4 Å². The van der Waals surface area contributed by atoms with Gasteiger partial charge in [0.15, 0.2) is 11.5 Å². The normalized spacial score (nSPS) is 11.3. The summed E-state index contributed by atoms with van der Waals surface area (Å²) in [7, 11) is 0. The van der Waals surface area contributed by atoms with E-state index in [0.717, 1.165) is 44.4 Å². The highest BCUT2D eigenvalue weighted by Gasteiger charge is 2.27. The number of fused-ring (bicyclic) bond motifs is 3. The first-order valence-electron chi connectivity index (χ1n) is 15.7. The second-order valence-corrected chi connectivity index (χ2v) is 11.9. The van der Waals surface area contributed by atoms with E-state index < -0.39 is 28.7 Å². The fourth-order valence-electron chi connectivity index (χ4n) is 6.45. The average molecular weight is 643 g/mol. The minimum absolute atomic E-state index is 0.240. The van der Waals surface area contributed by atoms with E-state index >= 15 is 0 Å². The van der Waals surface area contributed by atoms with Crippen LogP contribution in [0.1, 0.15) is 0 Å². The first-order valence-corrected chi connectivity index (χ1v) is 15.7. The van der Waals surface area contributed by atoms with E-state index in [1.165, 1.54) is 11.1 Å². The average Bonchev–Trinajstić information content (AvgIpc) is 3.47. The molecular formula is C42H30N2O5. The van der Waals surface area contributed by atoms with E-state index in [0.29, 0.717) is 11.0 Å². The number of hydrogen-bond donors (Lipinski definition) is 6. The highest BCUT2D eigenvalue weighted by molar-refractivity contribution is 6.11. The summed E-state index contributed by atoms with van der Waals surface area (Å²) in [6, 6.07) is 48.7. The molecule has 49 heavy (non-hydrogen) atoms. The Morgan fingerprint density at radius 3 is 1.41 bits per heavy atom. The summed E-state index contributed by atoms with van der Waals surface area (Å²) in [5.74, 6) is -4.36. The molecule has 0 amide bonds. The summed E-state index contributed by atoms with van der Waals surface area (Å²) in [6.45, 7) is 0. The summed E-state index contributed by atoms with van der Waals surface area (Å²) < 4.78 is 1.55. The van der Waals surface area contributed by atoms with E-state index in [2.05, 4.69) is 78.1 Å². The molecule has 0 atom stereocenters. The Balaban J connectivity index is 1.07. The van der Waals surface area contributed by atoms with Gasteiger partial charge < -0.3 is 35.4 Å². The Labute approximate surface area is 281 Å². The Morgan fingerprint density at radius 1 is 0.347 bits per heavy atom. The van der Waals surface area contributed by atoms with E-state index in [1.807, 2.05) is 72.8 Å². The fraction of sp³-hybridized carbons (Fsp3) is 0. The van der Waals surface area contributed by atoms with Crippen LogP contribution in [0.2, 0.25) is 0 Å². The van der Waals surface area contributed by atoms with E-state index in [9.17, 15) is 25.5 Å². The predicted octanol–water partition coefficient (Wildman–Crippen LogP) is 10.1. The third-order valence-electron chi connectivity index (χ3n) is 8.94. The number of nitrogens with one attached hydrogen (secondary N) is 1. The number of para-hydroxylation sites is 1. The third-order valence-corrected chi connectivity index (χ3v) is 8.94. The van der Waals surface area contributed by atoms with Crippen molar-refractivity contribution in [2.24, 2.45) is 0 Å². The quantitative estimate of drug-likeness (QED) is 0.0794. The number of nitrogens with zero attached hydrogens (tertiary/aromatic N) is 1. The van der Waals surface area contributed by atoms with Crippen molar-refractivity contribution in [1.82, 2.24) is 4.57 Å². The molecule has 0 unspecified atom stereocenters. The molecule has 0 saturated carbocycles. The van der Waals surface area contributed by atoms with Gasteiger partial charge in [0.25, 0.3) is 0 Å². The van der Waals surface area contributed by atoms with Gasteiger partial charge in [-0.25, -0.2) is 0 Å². The largest absolute Gasteiger partial charge is 0.503 e. The van der Waals surface area contributed by atoms with Gasteiger partial charge in [-0.2, -0.15) is 0 Å². The smallest absolute Gasteiger partial charge is 0.208 e. The zero-order valence-corrected chi connectivity index (χ0v) is 26.0. The maximum Gasteiger partial charge on any atom is 0.208 e. The molecule has 8 rings (SSSR count). The van der Waals surface area contributed by atoms with Gasteiger partial charge in [-0.3, -0.25) is 0 Å². The topological polar surface area (TPSA) is 118 Å². The highest BCUT2D eigenvalue weighted by Crippen LogP contribution is 2.54. The van der Waals surface area contributed by atoms with Crippen LogP contribution < -0.4 is 5.32 Å². The summed E-state index contributed by atoms with van der Waals surface area (Å²) in [5.41, 5.74) is 9.53. The molecule has 7 heteroatoms. The maximum absolute atomic E-state index is 10.7. The van der Waals surface area contributed by atoms with Gasteiger partial charge in [-0.15, -0.1) is 0 Å². The van der Waals surface area contributed by atoms with Crippen LogP contribution in [-0.2, 0) is 0 Å². The Hall–Kier alpha value is -6.86. The van der Waals surface area contributed by atoms with Crippen molar-refractivity contribution in [1.29, 1.82) is 0 Å². The van der Waals surface area contributed by atoms with Crippen molar-refractivity contribution in [3.63, 3.8) is 0 Å². The fourth-order valence-corrected chi connectivity index (χ4v) is 6.45. The molecule has 6 N–H and O–H groups in total. The van der Waals surface area contributed by atoms with Gasteiger partial charge >= 0.3 is 0 Å². The number of phenols is 5. The molecule has 0 aliphatic carbocycles. The standard InChI is InChI=1S/C42H30N2O5/c45-38-37(39(46)41(48)42(49)40(38)47)44-35-12-5-4-11-33(35)34-24-30(17-22-36(34)44)27-15-20-32(21-16-27)43-31-18-13-26(14-19-31)29-10-6-9-28(23-29)25-7-2-1-3-8-25/h1-24,43,45-49H. The van der Waals surface area contributed by atoms with Crippen molar-refractivity contribution in [3.05, 3.63) is 146 Å². The lowest BCUT2D eigenvalue weighted by molar-refractivity contribution is 0.327. The third kappa shape index (κ3) is 5.10. The molecule has 8 aromatic rings. The minimum Gasteiger partial charge on any atom is -0.503 e. The summed E-state index contributed by atoms with van der Waals surface area (Å²) in [5, 5.41) is 57.1. The number of aromatic hydroxyl groups is 5. The highest BCUT2D eigenvalue weighted by atomic mass is 16.4. The predicted molar refractivity (Wildman–Crippen MR) is 195 cm³/mol. The molecule has 0 aliphatic rings. The number of anilines is 2. The molecule has 7 aromatic carbocycles. The molecule has 0 fully saturated rings. The maximum atomic E-state index is 10.7. The van der Waals surface area contributed by atoms with Gasteiger partial charge in [-0.1, -0.05) is 97.1 Å². The van der Waals surface area contributed by atoms with Crippen molar-refractivity contribution in [2.45, 2.75) is 0 Å². The van der Waals surface area contributed by atoms with E-state index in [4.69, 9.17) is 0 Å². The molecule has 0 bridgehead atoms. The molecule has 0 radical (unpaired) electrons. The van der Waals surface area contributed by atoms with Crippen molar-refractivity contribution >= 4 is 33.2 Å². The summed E-state index contributed by atoms with van der Waals surface area (Å²) >= 11 is 0. The van der Waals surface area contributed by atoms with E-state index in [1.54, 1.807) is 4.57 Å². The molecule has 1 aromatic heterocycles. The van der Waals surface area contributed by atoms with Crippen LogP contribution in [0, 0.1) is 0 Å².